The number of nitrogens with one attached hydrogen (secondary N) is 1. The molecule has 2 rings (SSSR count). The predicted molar refractivity (Wildman–Crippen MR) is 70.0 cm³/mol. The molecule has 0 bridgehead atoms. The monoisotopic (exact) mass is 283 g/mol. The maximum absolute atomic E-state index is 5.83. The number of hydrogen-bond acceptors (Lipinski definition) is 2. The Kier molecular flexibility index (Phi) is 4.24. The summed E-state index contributed by atoms with van der Waals surface area (Å²) in [4.78, 5) is 0. The van der Waals surface area contributed by atoms with E-state index in [1.54, 1.807) is 0 Å². The first-order valence-electron chi connectivity index (χ1n) is 5.91. The van der Waals surface area contributed by atoms with Gasteiger partial charge in [-0.25, -0.2) is 0 Å². The zero-order valence-electron chi connectivity index (χ0n) is 9.63. The van der Waals surface area contributed by atoms with Crippen molar-refractivity contribution in [3.8, 4) is 5.75 Å². The van der Waals surface area contributed by atoms with Crippen LogP contribution < -0.4 is 10.1 Å². The van der Waals surface area contributed by atoms with Gasteiger partial charge in [-0.1, -0.05) is 13.0 Å². The van der Waals surface area contributed by atoms with Gasteiger partial charge in [-0.2, -0.15) is 0 Å². The Morgan fingerprint density at radius 3 is 3.00 bits per heavy atom. The van der Waals surface area contributed by atoms with E-state index < -0.39 is 0 Å². The lowest BCUT2D eigenvalue weighted by Crippen LogP contribution is -2.15. The van der Waals surface area contributed by atoms with E-state index >= 15 is 0 Å². The van der Waals surface area contributed by atoms with E-state index in [0.29, 0.717) is 5.92 Å². The molecular weight excluding hydrogens is 266 g/mol. The van der Waals surface area contributed by atoms with Gasteiger partial charge < -0.3 is 10.1 Å². The molecule has 3 heteroatoms. The van der Waals surface area contributed by atoms with Crippen LogP contribution in [-0.4, -0.2) is 19.7 Å². The van der Waals surface area contributed by atoms with E-state index in [4.69, 9.17) is 4.74 Å². The van der Waals surface area contributed by atoms with Crippen LogP contribution in [0.2, 0.25) is 0 Å². The summed E-state index contributed by atoms with van der Waals surface area (Å²) in [5.74, 6) is 1.63. The minimum Gasteiger partial charge on any atom is -0.492 e. The van der Waals surface area contributed by atoms with Crippen LogP contribution in [0, 0.1) is 5.92 Å². The number of hydrogen-bond donors (Lipinski definition) is 1. The molecule has 1 saturated heterocycles. The lowest BCUT2D eigenvalue weighted by molar-refractivity contribution is 0.258. The smallest absolute Gasteiger partial charge is 0.133 e. The molecule has 1 aromatic carbocycles. The van der Waals surface area contributed by atoms with Gasteiger partial charge in [0.1, 0.15) is 5.75 Å². The Bertz CT molecular complexity index is 348. The highest BCUT2D eigenvalue weighted by atomic mass is 79.9. The van der Waals surface area contributed by atoms with Crippen molar-refractivity contribution in [3.63, 3.8) is 0 Å². The van der Waals surface area contributed by atoms with Crippen LogP contribution in [-0.2, 0) is 6.42 Å². The topological polar surface area (TPSA) is 21.3 Å². The second kappa shape index (κ2) is 5.69. The molecule has 1 heterocycles. The Morgan fingerprint density at radius 1 is 1.50 bits per heavy atom. The molecule has 1 N–H and O–H groups in total. The first kappa shape index (κ1) is 11.9. The van der Waals surface area contributed by atoms with Crippen molar-refractivity contribution in [2.45, 2.75) is 19.8 Å². The third kappa shape index (κ3) is 2.98. The lowest BCUT2D eigenvalue weighted by atomic mass is 10.1. The molecule has 1 aromatic rings. The molecule has 1 aliphatic heterocycles. The third-order valence-corrected chi connectivity index (χ3v) is 3.66. The van der Waals surface area contributed by atoms with Gasteiger partial charge >= 0.3 is 0 Å². The standard InChI is InChI=1S/C13H18BrNO/c1-2-10-3-4-13(12(14)7-10)16-9-11-5-6-15-8-11/h3-4,7,11,15H,2,5-6,8-9H2,1H3. The van der Waals surface area contributed by atoms with E-state index in [1.165, 1.54) is 12.0 Å². The van der Waals surface area contributed by atoms with Crippen molar-refractivity contribution in [1.29, 1.82) is 0 Å². The second-order valence-corrected chi connectivity index (χ2v) is 5.14. The molecule has 0 radical (unpaired) electrons. The van der Waals surface area contributed by atoms with Crippen molar-refractivity contribution in [2.24, 2.45) is 5.92 Å². The van der Waals surface area contributed by atoms with Crippen molar-refractivity contribution in [2.75, 3.05) is 19.7 Å². The molecule has 2 nitrogen and oxygen atoms in total. The van der Waals surface area contributed by atoms with Crippen LogP contribution in [0.3, 0.4) is 0 Å². The van der Waals surface area contributed by atoms with Gasteiger partial charge in [0, 0.05) is 12.5 Å². The number of rotatable bonds is 4. The maximum atomic E-state index is 5.83. The summed E-state index contributed by atoms with van der Waals surface area (Å²) in [6, 6.07) is 6.33. The molecule has 1 fully saturated rings. The quantitative estimate of drug-likeness (QED) is 0.917. The summed E-state index contributed by atoms with van der Waals surface area (Å²) in [5.41, 5.74) is 1.33. The fourth-order valence-corrected chi connectivity index (χ4v) is 2.49. The highest BCUT2D eigenvalue weighted by Crippen LogP contribution is 2.27. The highest BCUT2D eigenvalue weighted by Gasteiger charge is 2.15. The average Bonchev–Trinajstić information content (AvgIpc) is 2.80. The van der Waals surface area contributed by atoms with Gasteiger partial charge in [0.15, 0.2) is 0 Å². The molecular formula is C13H18BrNO. The summed E-state index contributed by atoms with van der Waals surface area (Å²) in [5, 5.41) is 3.35. The summed E-state index contributed by atoms with van der Waals surface area (Å²) in [6.07, 6.45) is 2.29. The van der Waals surface area contributed by atoms with E-state index in [0.717, 1.165) is 36.3 Å². The molecule has 0 spiro atoms. The molecule has 1 unspecified atom stereocenters. The average molecular weight is 284 g/mol. The third-order valence-electron chi connectivity index (χ3n) is 3.04. The zero-order chi connectivity index (χ0) is 11.4. The highest BCUT2D eigenvalue weighted by molar-refractivity contribution is 9.10. The molecule has 0 aliphatic carbocycles. The number of halogens is 1. The molecule has 0 saturated carbocycles. The van der Waals surface area contributed by atoms with Gasteiger partial charge in [0.2, 0.25) is 0 Å². The van der Waals surface area contributed by atoms with Gasteiger partial charge in [-0.15, -0.1) is 0 Å². The fourth-order valence-electron chi connectivity index (χ4n) is 1.95. The van der Waals surface area contributed by atoms with Crippen LogP contribution >= 0.6 is 15.9 Å². The van der Waals surface area contributed by atoms with Crippen LogP contribution in [0.1, 0.15) is 18.9 Å². The van der Waals surface area contributed by atoms with E-state index in [9.17, 15) is 0 Å². The first-order chi connectivity index (χ1) is 7.79. The number of aryl methyl sites for hydroxylation is 1. The summed E-state index contributed by atoms with van der Waals surface area (Å²) < 4.78 is 6.90. The number of ether oxygens (including phenoxy) is 1. The van der Waals surface area contributed by atoms with Crippen molar-refractivity contribution in [1.82, 2.24) is 5.32 Å². The first-order valence-corrected chi connectivity index (χ1v) is 6.71. The predicted octanol–water partition coefficient (Wildman–Crippen LogP) is 3.00. The van der Waals surface area contributed by atoms with E-state index in [2.05, 4.69) is 46.4 Å². The van der Waals surface area contributed by atoms with Crippen molar-refractivity contribution in [3.05, 3.63) is 28.2 Å². The molecule has 1 atom stereocenters. The molecule has 88 valence electrons. The molecule has 1 aliphatic rings. The summed E-state index contributed by atoms with van der Waals surface area (Å²) in [7, 11) is 0. The maximum Gasteiger partial charge on any atom is 0.133 e. The Labute approximate surface area is 106 Å². The van der Waals surface area contributed by atoms with Crippen LogP contribution in [0.5, 0.6) is 5.75 Å². The second-order valence-electron chi connectivity index (χ2n) is 4.29. The summed E-state index contributed by atoms with van der Waals surface area (Å²) in [6.45, 7) is 5.19. The van der Waals surface area contributed by atoms with Gasteiger partial charge in [-0.3, -0.25) is 0 Å². The Hall–Kier alpha value is -0.540. The van der Waals surface area contributed by atoms with Crippen LogP contribution in [0.15, 0.2) is 22.7 Å². The van der Waals surface area contributed by atoms with Crippen molar-refractivity contribution < 1.29 is 4.74 Å². The number of benzene rings is 1. The van der Waals surface area contributed by atoms with E-state index in [-0.39, 0.29) is 0 Å². The minimum absolute atomic E-state index is 0.665. The van der Waals surface area contributed by atoms with Crippen molar-refractivity contribution >= 4 is 15.9 Å². The van der Waals surface area contributed by atoms with Gasteiger partial charge in [-0.05, 0) is 53.0 Å². The lowest BCUT2D eigenvalue weighted by Gasteiger charge is -2.12. The summed E-state index contributed by atoms with van der Waals surface area (Å²) >= 11 is 3.56. The van der Waals surface area contributed by atoms with Crippen LogP contribution in [0.25, 0.3) is 0 Å². The van der Waals surface area contributed by atoms with E-state index in [1.807, 2.05) is 0 Å². The van der Waals surface area contributed by atoms with Gasteiger partial charge in [0.25, 0.3) is 0 Å². The molecule has 16 heavy (non-hydrogen) atoms. The Balaban J connectivity index is 1.93. The molecule has 0 amide bonds. The normalized spacial score (nSPS) is 20.0. The zero-order valence-corrected chi connectivity index (χ0v) is 11.2. The Morgan fingerprint density at radius 2 is 2.38 bits per heavy atom. The minimum atomic E-state index is 0.665. The fraction of sp³-hybridized carbons (Fsp3) is 0.538. The van der Waals surface area contributed by atoms with Gasteiger partial charge in [0.05, 0.1) is 11.1 Å². The molecule has 0 aromatic heterocycles. The SMILES string of the molecule is CCc1ccc(OCC2CCNC2)c(Br)c1. The van der Waals surface area contributed by atoms with Crippen LogP contribution in [0.4, 0.5) is 0 Å². The largest absolute Gasteiger partial charge is 0.492 e.